The second-order valence-corrected chi connectivity index (χ2v) is 11.2. The Bertz CT molecular complexity index is 1640. The first kappa shape index (κ1) is 28.7. The summed E-state index contributed by atoms with van der Waals surface area (Å²) >= 11 is 1.55. The van der Waals surface area contributed by atoms with Gasteiger partial charge < -0.3 is 10.4 Å². The first-order valence-electron chi connectivity index (χ1n) is 13.4. The number of benzene rings is 4. The highest BCUT2D eigenvalue weighted by Gasteiger charge is 2.65. The van der Waals surface area contributed by atoms with E-state index in [1.165, 1.54) is 11.8 Å². The molecule has 0 aliphatic carbocycles. The lowest BCUT2D eigenvalue weighted by Crippen LogP contribution is -2.55. The van der Waals surface area contributed by atoms with Crippen LogP contribution in [0.15, 0.2) is 114 Å². The SMILES string of the molecule is CSc1ccc(C(=O)C2C(c3ccc(C#N)cc3)N(C(=O)Nc3ccccc3)C(C)(C(=O)O)C2c2ccccc2)cc1. The first-order chi connectivity index (χ1) is 20.3. The van der Waals surface area contributed by atoms with Gasteiger partial charge in [-0.05, 0) is 60.7 Å². The van der Waals surface area contributed by atoms with Gasteiger partial charge in [-0.1, -0.05) is 72.8 Å². The highest BCUT2D eigenvalue weighted by atomic mass is 32.2. The van der Waals surface area contributed by atoms with Crippen LogP contribution in [0.5, 0.6) is 0 Å². The first-order valence-corrected chi connectivity index (χ1v) is 14.6. The van der Waals surface area contributed by atoms with Crippen molar-refractivity contribution in [2.45, 2.75) is 29.3 Å². The minimum atomic E-state index is -1.82. The number of nitrogens with zero attached hydrogens (tertiary/aromatic N) is 2. The van der Waals surface area contributed by atoms with Gasteiger partial charge in [0, 0.05) is 22.1 Å². The summed E-state index contributed by atoms with van der Waals surface area (Å²) in [6, 6.07) is 32.1. The highest BCUT2D eigenvalue weighted by Crippen LogP contribution is 2.56. The second-order valence-electron chi connectivity index (χ2n) is 10.3. The number of ketones is 1. The van der Waals surface area contributed by atoms with Gasteiger partial charge in [0.05, 0.1) is 23.6 Å². The lowest BCUT2D eigenvalue weighted by Gasteiger charge is -2.37. The normalized spacial score (nSPS) is 21.4. The van der Waals surface area contributed by atoms with E-state index in [9.17, 15) is 24.8 Å². The van der Waals surface area contributed by atoms with E-state index in [0.29, 0.717) is 27.9 Å². The van der Waals surface area contributed by atoms with Gasteiger partial charge >= 0.3 is 12.0 Å². The molecule has 42 heavy (non-hydrogen) atoms. The molecule has 1 saturated heterocycles. The number of nitrogens with one attached hydrogen (secondary N) is 1. The Morgan fingerprint density at radius 3 is 2.00 bits per heavy atom. The Labute approximate surface area is 248 Å². The van der Waals surface area contributed by atoms with Crippen LogP contribution in [-0.2, 0) is 4.79 Å². The molecule has 1 heterocycles. The average Bonchev–Trinajstić information content (AvgIpc) is 3.32. The number of carbonyl (C=O) groups excluding carboxylic acids is 2. The topological polar surface area (TPSA) is 111 Å². The van der Waals surface area contributed by atoms with Crippen molar-refractivity contribution in [3.63, 3.8) is 0 Å². The van der Waals surface area contributed by atoms with E-state index in [1.54, 1.807) is 96.7 Å². The minimum absolute atomic E-state index is 0.270. The van der Waals surface area contributed by atoms with Gasteiger partial charge in [0.25, 0.3) is 0 Å². The molecule has 7 nitrogen and oxygen atoms in total. The number of urea groups is 1. The molecule has 2 N–H and O–H groups in total. The number of nitriles is 1. The number of aliphatic carboxylic acids is 1. The van der Waals surface area contributed by atoms with Crippen LogP contribution in [0.3, 0.4) is 0 Å². The van der Waals surface area contributed by atoms with Crippen molar-refractivity contribution in [2.24, 2.45) is 5.92 Å². The number of para-hydroxylation sites is 1. The van der Waals surface area contributed by atoms with Crippen LogP contribution in [-0.4, -0.2) is 39.6 Å². The van der Waals surface area contributed by atoms with E-state index in [0.717, 1.165) is 4.90 Å². The molecule has 1 aliphatic rings. The van der Waals surface area contributed by atoms with Crippen molar-refractivity contribution in [3.05, 3.63) is 131 Å². The van der Waals surface area contributed by atoms with Crippen LogP contribution < -0.4 is 5.32 Å². The molecule has 0 bridgehead atoms. The molecule has 4 unspecified atom stereocenters. The molecule has 0 aromatic heterocycles. The van der Waals surface area contributed by atoms with Crippen LogP contribution >= 0.6 is 11.8 Å². The largest absolute Gasteiger partial charge is 0.479 e. The van der Waals surface area contributed by atoms with E-state index in [1.807, 2.05) is 30.5 Å². The molecule has 5 rings (SSSR count). The van der Waals surface area contributed by atoms with E-state index >= 15 is 0 Å². The standard InChI is InChI=1S/C34H29N3O4S/c1-34(32(39)40)29(23-9-5-3-6-10-23)28(31(38)25-17-19-27(42-2)20-18-25)30(24-15-13-22(21-35)14-16-24)37(34)33(41)36-26-11-7-4-8-12-26/h3-20,28-30H,1-2H3,(H,36,41)(H,39,40). The summed E-state index contributed by atoms with van der Waals surface area (Å²) in [6.45, 7) is 1.51. The molecular weight excluding hydrogens is 546 g/mol. The number of hydrogen-bond donors (Lipinski definition) is 2. The number of anilines is 1. The monoisotopic (exact) mass is 575 g/mol. The molecule has 8 heteroatoms. The summed E-state index contributed by atoms with van der Waals surface area (Å²) in [6.07, 6.45) is 1.95. The van der Waals surface area contributed by atoms with Crippen LogP contribution in [0.1, 0.15) is 45.9 Å². The van der Waals surface area contributed by atoms with Crippen molar-refractivity contribution in [1.29, 1.82) is 5.26 Å². The van der Waals surface area contributed by atoms with Gasteiger partial charge in [0.2, 0.25) is 0 Å². The molecule has 4 aromatic carbocycles. The molecule has 2 amide bonds. The Morgan fingerprint density at radius 2 is 1.45 bits per heavy atom. The van der Waals surface area contributed by atoms with Crippen molar-refractivity contribution in [1.82, 2.24) is 4.90 Å². The maximum absolute atomic E-state index is 14.6. The molecule has 0 saturated carbocycles. The third kappa shape index (κ3) is 5.15. The van der Waals surface area contributed by atoms with E-state index in [2.05, 4.69) is 11.4 Å². The molecule has 0 spiro atoms. The number of rotatable bonds is 7. The summed E-state index contributed by atoms with van der Waals surface area (Å²) in [4.78, 5) is 44.4. The lowest BCUT2D eigenvalue weighted by molar-refractivity contribution is -0.148. The number of carbonyl (C=O) groups is 3. The number of amides is 2. The van der Waals surface area contributed by atoms with Gasteiger partial charge in [0.15, 0.2) is 5.78 Å². The Hall–Kier alpha value is -4.87. The zero-order valence-electron chi connectivity index (χ0n) is 23.1. The van der Waals surface area contributed by atoms with E-state index in [4.69, 9.17) is 0 Å². The van der Waals surface area contributed by atoms with Crippen LogP contribution in [0.4, 0.5) is 10.5 Å². The summed E-state index contributed by atoms with van der Waals surface area (Å²) in [5, 5.41) is 23.2. The van der Waals surface area contributed by atoms with Crippen LogP contribution in [0.25, 0.3) is 0 Å². The van der Waals surface area contributed by atoms with Gasteiger partial charge in [-0.2, -0.15) is 5.26 Å². The maximum Gasteiger partial charge on any atom is 0.330 e. The van der Waals surface area contributed by atoms with Gasteiger partial charge in [-0.3, -0.25) is 9.69 Å². The number of Topliss-reactive ketones (excluding diaryl/α,β-unsaturated/α-hetero) is 1. The summed E-state index contributed by atoms with van der Waals surface area (Å²) < 4.78 is 0. The van der Waals surface area contributed by atoms with Crippen molar-refractivity contribution in [3.8, 4) is 6.07 Å². The van der Waals surface area contributed by atoms with Gasteiger partial charge in [-0.25, -0.2) is 9.59 Å². The smallest absolute Gasteiger partial charge is 0.330 e. The molecule has 4 aromatic rings. The fourth-order valence-electron chi connectivity index (χ4n) is 5.96. The van der Waals surface area contributed by atoms with Crippen molar-refractivity contribution in [2.75, 3.05) is 11.6 Å². The van der Waals surface area contributed by atoms with Crippen molar-refractivity contribution >= 4 is 35.2 Å². The zero-order valence-corrected chi connectivity index (χ0v) is 23.9. The minimum Gasteiger partial charge on any atom is -0.479 e. The summed E-state index contributed by atoms with van der Waals surface area (Å²) in [7, 11) is 0. The quantitative estimate of drug-likeness (QED) is 0.181. The van der Waals surface area contributed by atoms with Crippen molar-refractivity contribution < 1.29 is 19.5 Å². The van der Waals surface area contributed by atoms with Gasteiger partial charge in [-0.15, -0.1) is 11.8 Å². The van der Waals surface area contributed by atoms with Crippen LogP contribution in [0.2, 0.25) is 0 Å². The molecular formula is C34H29N3O4S. The Balaban J connectivity index is 1.76. The van der Waals surface area contributed by atoms with E-state index < -0.39 is 35.4 Å². The third-order valence-electron chi connectivity index (χ3n) is 7.98. The van der Waals surface area contributed by atoms with Crippen LogP contribution in [0, 0.1) is 17.2 Å². The molecule has 1 aliphatic heterocycles. The predicted octanol–water partition coefficient (Wildman–Crippen LogP) is 7.00. The fourth-order valence-corrected chi connectivity index (χ4v) is 6.36. The molecule has 0 radical (unpaired) electrons. The maximum atomic E-state index is 14.6. The predicted molar refractivity (Wildman–Crippen MR) is 162 cm³/mol. The number of carboxylic acids is 1. The lowest BCUT2D eigenvalue weighted by atomic mass is 9.71. The number of likely N-dealkylation sites (tertiary alicyclic amines) is 1. The second kappa shape index (κ2) is 11.9. The summed E-state index contributed by atoms with van der Waals surface area (Å²) in [5.41, 5.74) is 0.701. The average molecular weight is 576 g/mol. The Morgan fingerprint density at radius 1 is 0.857 bits per heavy atom. The number of carboxylic acid groups (broad SMARTS) is 1. The number of thioether (sulfide) groups is 1. The van der Waals surface area contributed by atoms with E-state index in [-0.39, 0.29) is 5.78 Å². The number of hydrogen-bond acceptors (Lipinski definition) is 5. The zero-order chi connectivity index (χ0) is 29.9. The van der Waals surface area contributed by atoms with Gasteiger partial charge in [0.1, 0.15) is 5.54 Å². The Kier molecular flexibility index (Phi) is 8.14. The fraction of sp³-hybridized carbons (Fsp3) is 0.176. The molecule has 1 fully saturated rings. The molecule has 210 valence electrons. The molecule has 4 atom stereocenters. The summed E-state index contributed by atoms with van der Waals surface area (Å²) in [5.74, 6) is -3.35. The highest BCUT2D eigenvalue weighted by molar-refractivity contribution is 7.98. The third-order valence-corrected chi connectivity index (χ3v) is 8.72.